The number of alkyl halides is 2. The molecular formula is C22H18ClF2N3O4. The van der Waals surface area contributed by atoms with E-state index in [9.17, 15) is 28.0 Å². The first-order valence-electron chi connectivity index (χ1n) is 11.4. The van der Waals surface area contributed by atoms with Crippen LogP contribution in [0.15, 0.2) is 42.5 Å². The molecule has 2 aromatic rings. The summed E-state index contributed by atoms with van der Waals surface area (Å²) >= 11 is 5.69. The Morgan fingerprint density at radius 2 is 2.00 bits per heavy atom. The number of benzene rings is 2. The van der Waals surface area contributed by atoms with E-state index in [1.165, 1.54) is 30.3 Å². The smallest absolute Gasteiger partial charge is 0.346 e. The maximum atomic E-state index is 14.6. The zero-order valence-electron chi connectivity index (χ0n) is 20.3. The number of carbonyl (C=O) groups excluding carboxylic acids is 4. The highest BCUT2D eigenvalue weighted by Gasteiger charge is 2.41. The normalized spacial score (nSPS) is 22.1. The Hall–Kier alpha value is -3.33. The highest BCUT2D eigenvalue weighted by atomic mass is 35.5. The predicted molar refractivity (Wildman–Crippen MR) is 110 cm³/mol. The first kappa shape index (κ1) is 17.3. The third-order valence-corrected chi connectivity index (χ3v) is 5.36. The van der Waals surface area contributed by atoms with Gasteiger partial charge in [-0.3, -0.25) is 24.5 Å². The Morgan fingerprint density at radius 3 is 2.72 bits per heavy atom. The van der Waals surface area contributed by atoms with E-state index in [-0.39, 0.29) is 33.3 Å². The van der Waals surface area contributed by atoms with E-state index in [1.807, 2.05) is 0 Å². The van der Waals surface area contributed by atoms with Crippen LogP contribution in [0.3, 0.4) is 0 Å². The van der Waals surface area contributed by atoms with Crippen molar-refractivity contribution in [3.8, 4) is 0 Å². The van der Waals surface area contributed by atoms with E-state index in [2.05, 4.69) is 0 Å². The summed E-state index contributed by atoms with van der Waals surface area (Å²) in [6.45, 7) is -0.783. The summed E-state index contributed by atoms with van der Waals surface area (Å²) < 4.78 is 60.8. The van der Waals surface area contributed by atoms with Gasteiger partial charge in [0.1, 0.15) is 6.04 Å². The summed E-state index contributed by atoms with van der Waals surface area (Å²) in [5, 5.41) is 0.340. The molecular weight excluding hydrogens is 444 g/mol. The summed E-state index contributed by atoms with van der Waals surface area (Å²) in [6, 6.07) is 6.75. The SMILES string of the molecule is [2H]N(Cc1ccc2c(c1)CN(C1C(=O)N([2H])C(=O)CC1([2H])[2H])C2=O)C(=O)C(F)(F)c1ccc(Cl)cc1. The number of piperidine rings is 1. The topological polar surface area (TPSA) is 95.6 Å². The van der Waals surface area contributed by atoms with E-state index >= 15 is 0 Å². The highest BCUT2D eigenvalue weighted by molar-refractivity contribution is 6.30. The first-order valence-corrected chi connectivity index (χ1v) is 9.85. The van der Waals surface area contributed by atoms with Crippen molar-refractivity contribution < 1.29 is 33.5 Å². The van der Waals surface area contributed by atoms with Crippen molar-refractivity contribution in [3.05, 3.63) is 69.7 Å². The second-order valence-corrected chi connectivity index (χ2v) is 7.69. The Balaban J connectivity index is 1.52. The van der Waals surface area contributed by atoms with Gasteiger partial charge in [0.2, 0.25) is 11.8 Å². The molecule has 2 aliphatic heterocycles. The van der Waals surface area contributed by atoms with Crippen LogP contribution in [-0.2, 0) is 33.4 Å². The second kappa shape index (κ2) is 8.31. The van der Waals surface area contributed by atoms with Gasteiger partial charge in [0.05, 0.1) is 0 Å². The number of hydrogen-bond acceptors (Lipinski definition) is 4. The van der Waals surface area contributed by atoms with Crippen LogP contribution < -0.4 is 10.6 Å². The van der Waals surface area contributed by atoms with Crippen molar-refractivity contribution in [2.45, 2.75) is 37.8 Å². The Kier molecular flexibility index (Phi) is 4.48. The van der Waals surface area contributed by atoms with Gasteiger partial charge in [-0.25, -0.2) is 0 Å². The monoisotopic (exact) mass is 465 g/mol. The molecule has 1 saturated heterocycles. The van der Waals surface area contributed by atoms with Crippen molar-refractivity contribution in [1.82, 2.24) is 15.5 Å². The number of carbonyl (C=O) groups is 4. The maximum Gasteiger partial charge on any atom is 0.349 e. The van der Waals surface area contributed by atoms with E-state index in [0.29, 0.717) is 5.56 Å². The number of fused-ring (bicyclic) bond motifs is 1. The lowest BCUT2D eigenvalue weighted by Gasteiger charge is -2.29. The molecule has 2 heterocycles. The first-order chi connectivity index (χ1) is 16.7. The van der Waals surface area contributed by atoms with Crippen LogP contribution in [0.25, 0.3) is 0 Å². The average molecular weight is 466 g/mol. The third kappa shape index (κ3) is 4.08. The molecule has 4 rings (SSSR count). The molecule has 0 bridgehead atoms. The number of amides is 4. The van der Waals surface area contributed by atoms with Crippen molar-refractivity contribution >= 4 is 35.2 Å². The van der Waals surface area contributed by atoms with Crippen LogP contribution in [0.5, 0.6) is 0 Å². The average Bonchev–Trinajstić information content (AvgIpc) is 3.12. The zero-order valence-corrected chi connectivity index (χ0v) is 17.1. The highest BCUT2D eigenvalue weighted by Crippen LogP contribution is 2.30. The van der Waals surface area contributed by atoms with Gasteiger partial charge in [-0.1, -0.05) is 35.9 Å². The van der Waals surface area contributed by atoms with Crippen molar-refractivity contribution in [3.63, 3.8) is 0 Å². The maximum absolute atomic E-state index is 14.6. The fraction of sp³-hybridized carbons (Fsp3) is 0.273. The number of nitrogens with one attached hydrogen (secondary N) is 2. The molecule has 2 aliphatic rings. The van der Waals surface area contributed by atoms with Gasteiger partial charge < -0.3 is 10.2 Å². The number of imide groups is 1. The summed E-state index contributed by atoms with van der Waals surface area (Å²) in [4.78, 5) is 50.4. The molecule has 1 atom stereocenters. The standard InChI is InChI=1S/C22H18ClF2N3O4/c23-15-4-2-14(3-5-15)22(24,25)21(32)26-10-12-1-6-16-13(9-12)11-28(20(16)31)17-7-8-18(29)27-19(17)30/h1-6,9,17H,7-8,10-11H2,(H,26,32)(H,27,29,30)/i7D2/hD2. The fourth-order valence-electron chi connectivity index (χ4n) is 3.49. The number of hydrogen-bond donors (Lipinski definition) is 2. The van der Waals surface area contributed by atoms with Crippen molar-refractivity contribution in [1.29, 1.82) is 0 Å². The summed E-state index contributed by atoms with van der Waals surface area (Å²) in [5.74, 6) is -8.66. The summed E-state index contributed by atoms with van der Waals surface area (Å²) in [5.41, 5.74) is 0.0524. The lowest BCUT2D eigenvalue weighted by atomic mass is 10.0. The molecule has 1 unspecified atom stereocenters. The quantitative estimate of drug-likeness (QED) is 0.663. The molecule has 32 heavy (non-hydrogen) atoms. The second-order valence-electron chi connectivity index (χ2n) is 7.25. The van der Waals surface area contributed by atoms with Gasteiger partial charge in [0.15, 0.2) is 2.82 Å². The van der Waals surface area contributed by atoms with Crippen molar-refractivity contribution in [2.24, 2.45) is 0 Å². The molecule has 0 aliphatic carbocycles. The molecule has 0 radical (unpaired) electrons. The molecule has 10 heteroatoms. The van der Waals surface area contributed by atoms with E-state index < -0.39 is 60.5 Å². The molecule has 0 aromatic heterocycles. The minimum absolute atomic E-state index is 0.0398. The van der Waals surface area contributed by atoms with Gasteiger partial charge in [-0.15, -0.1) is 0 Å². The van der Waals surface area contributed by atoms with Crippen LogP contribution in [0.1, 0.15) is 42.6 Å². The van der Waals surface area contributed by atoms with Gasteiger partial charge in [-0.2, -0.15) is 8.78 Å². The van der Waals surface area contributed by atoms with Gasteiger partial charge in [-0.05, 0) is 35.7 Å². The Labute approximate surface area is 192 Å². The molecule has 4 amide bonds. The lowest BCUT2D eigenvalue weighted by molar-refractivity contribution is -0.147. The van der Waals surface area contributed by atoms with Crippen LogP contribution in [-0.4, -0.2) is 34.6 Å². The molecule has 166 valence electrons. The van der Waals surface area contributed by atoms with Crippen LogP contribution in [0, 0.1) is 0 Å². The van der Waals surface area contributed by atoms with E-state index in [1.54, 1.807) is 0 Å². The molecule has 0 spiro atoms. The molecule has 2 aromatic carbocycles. The van der Waals surface area contributed by atoms with Gasteiger partial charge >= 0.3 is 5.92 Å². The molecule has 7 nitrogen and oxygen atoms in total. The number of rotatable bonds is 5. The largest absolute Gasteiger partial charge is 0.349 e. The summed E-state index contributed by atoms with van der Waals surface area (Å²) in [7, 11) is 0. The van der Waals surface area contributed by atoms with Gasteiger partial charge in [0.25, 0.3) is 11.8 Å². The number of nitrogens with zero attached hydrogens (tertiary/aromatic N) is 1. The molecule has 0 saturated carbocycles. The minimum Gasteiger partial charge on any atom is -0.346 e. The predicted octanol–water partition coefficient (Wildman–Crippen LogP) is 2.51. The van der Waals surface area contributed by atoms with E-state index in [4.69, 9.17) is 17.2 Å². The molecule has 2 N–H and O–H groups in total. The minimum atomic E-state index is -3.98. The zero-order chi connectivity index (χ0) is 26.6. The summed E-state index contributed by atoms with van der Waals surface area (Å²) in [6.07, 6.45) is -3.15. The molecule has 1 fully saturated rings. The van der Waals surface area contributed by atoms with Gasteiger partial charge in [0, 0.05) is 38.4 Å². The van der Waals surface area contributed by atoms with Crippen LogP contribution >= 0.6 is 11.6 Å². The van der Waals surface area contributed by atoms with Crippen molar-refractivity contribution in [2.75, 3.05) is 0 Å². The Morgan fingerprint density at radius 1 is 1.28 bits per heavy atom. The van der Waals surface area contributed by atoms with Crippen LogP contribution in [0.2, 0.25) is 7.85 Å². The van der Waals surface area contributed by atoms with Crippen LogP contribution in [0.4, 0.5) is 8.78 Å². The fourth-order valence-corrected chi connectivity index (χ4v) is 3.61. The Bertz CT molecular complexity index is 1280. The number of halogens is 3. The van der Waals surface area contributed by atoms with E-state index in [0.717, 1.165) is 17.0 Å². The lowest BCUT2D eigenvalue weighted by Crippen LogP contribution is -2.52. The third-order valence-electron chi connectivity index (χ3n) is 5.11.